The highest BCUT2D eigenvalue weighted by Gasteiger charge is 2.48. The largest absolute Gasteiger partial charge is 0.534 e. The highest BCUT2D eigenvalue weighted by Crippen LogP contribution is 2.30. The topological polar surface area (TPSA) is 52.6 Å². The smallest absolute Gasteiger partial charge is 0.504 e. The molecule has 98 valence electrons. The molecule has 1 aliphatic carbocycles. The van der Waals surface area contributed by atoms with Crippen molar-refractivity contribution in [3.8, 4) is 0 Å². The first-order valence-corrected chi connectivity index (χ1v) is 6.07. The van der Waals surface area contributed by atoms with Gasteiger partial charge in [0.25, 0.3) is 0 Å². The van der Waals surface area contributed by atoms with Crippen molar-refractivity contribution in [2.75, 3.05) is 7.11 Å². The van der Waals surface area contributed by atoms with Crippen molar-refractivity contribution < 1.29 is 30.5 Å². The molecule has 0 bridgehead atoms. The van der Waals surface area contributed by atoms with Crippen LogP contribution in [0.4, 0.5) is 13.2 Å². The molecule has 0 unspecified atom stereocenters. The molecule has 8 heteroatoms. The zero-order valence-electron chi connectivity index (χ0n) is 8.95. The maximum Gasteiger partial charge on any atom is 0.534 e. The summed E-state index contributed by atoms with van der Waals surface area (Å²) in [7, 11) is -4.09. The molecular formula is C9H11F3O4S. The highest BCUT2D eigenvalue weighted by atomic mass is 32.2. The SMILES string of the molecule is CO/C=C1/CC=C(OS(=O)(=O)C(F)(F)F)CC1. The van der Waals surface area contributed by atoms with Gasteiger partial charge in [0.05, 0.1) is 13.4 Å². The zero-order chi connectivity index (χ0) is 13.1. The third-order valence-corrected chi connectivity index (χ3v) is 3.07. The second-order valence-electron chi connectivity index (χ2n) is 3.37. The number of allylic oxidation sites excluding steroid dienone is 3. The van der Waals surface area contributed by atoms with Crippen molar-refractivity contribution in [2.45, 2.75) is 24.8 Å². The summed E-state index contributed by atoms with van der Waals surface area (Å²) in [5.41, 5.74) is -4.53. The van der Waals surface area contributed by atoms with E-state index < -0.39 is 15.6 Å². The van der Waals surface area contributed by atoms with Crippen molar-refractivity contribution in [3.05, 3.63) is 23.7 Å². The number of halogens is 3. The fourth-order valence-electron chi connectivity index (χ4n) is 1.27. The maximum absolute atomic E-state index is 12.0. The van der Waals surface area contributed by atoms with Gasteiger partial charge in [-0.25, -0.2) is 0 Å². The molecule has 0 N–H and O–H groups in total. The number of ether oxygens (including phenoxy) is 1. The van der Waals surface area contributed by atoms with Gasteiger partial charge in [-0.1, -0.05) is 0 Å². The Bertz CT molecular complexity index is 434. The molecule has 0 aromatic heterocycles. The molecule has 0 atom stereocenters. The van der Waals surface area contributed by atoms with Crippen molar-refractivity contribution in [3.63, 3.8) is 0 Å². The summed E-state index contributed by atoms with van der Waals surface area (Å²) in [4.78, 5) is 0. The molecule has 0 fully saturated rings. The highest BCUT2D eigenvalue weighted by molar-refractivity contribution is 7.87. The van der Waals surface area contributed by atoms with Crippen molar-refractivity contribution in [2.24, 2.45) is 0 Å². The van der Waals surface area contributed by atoms with Gasteiger partial charge in [-0.15, -0.1) is 0 Å². The van der Waals surface area contributed by atoms with Crippen LogP contribution in [0.1, 0.15) is 19.3 Å². The van der Waals surface area contributed by atoms with E-state index in [0.29, 0.717) is 12.8 Å². The van der Waals surface area contributed by atoms with Crippen LogP contribution in [0.2, 0.25) is 0 Å². The van der Waals surface area contributed by atoms with Crippen molar-refractivity contribution in [1.29, 1.82) is 0 Å². The Labute approximate surface area is 96.8 Å². The molecule has 0 heterocycles. The summed E-state index contributed by atoms with van der Waals surface area (Å²) in [6.07, 6.45) is 3.61. The summed E-state index contributed by atoms with van der Waals surface area (Å²) >= 11 is 0. The first-order chi connectivity index (χ1) is 7.76. The first kappa shape index (κ1) is 13.9. The Hall–Kier alpha value is -1.18. The molecule has 17 heavy (non-hydrogen) atoms. The molecule has 1 aliphatic rings. The lowest BCUT2D eigenvalue weighted by molar-refractivity contribution is -0.0523. The van der Waals surface area contributed by atoms with Crippen LogP contribution in [0.3, 0.4) is 0 Å². The van der Waals surface area contributed by atoms with Gasteiger partial charge >= 0.3 is 15.6 Å². The van der Waals surface area contributed by atoms with E-state index in [0.717, 1.165) is 5.57 Å². The summed E-state index contributed by atoms with van der Waals surface area (Å²) in [6.45, 7) is 0. The van der Waals surface area contributed by atoms with Gasteiger partial charge < -0.3 is 8.92 Å². The molecule has 4 nitrogen and oxygen atoms in total. The van der Waals surface area contributed by atoms with Gasteiger partial charge in [-0.3, -0.25) is 0 Å². The quantitative estimate of drug-likeness (QED) is 0.450. The predicted molar refractivity (Wildman–Crippen MR) is 53.1 cm³/mol. The maximum atomic E-state index is 12.0. The first-order valence-electron chi connectivity index (χ1n) is 4.67. The number of methoxy groups -OCH3 is 1. The third kappa shape index (κ3) is 3.65. The fraction of sp³-hybridized carbons (Fsp3) is 0.556. The van der Waals surface area contributed by atoms with E-state index in [-0.39, 0.29) is 12.2 Å². The van der Waals surface area contributed by atoms with E-state index in [1.54, 1.807) is 0 Å². The minimum Gasteiger partial charge on any atom is -0.504 e. The average Bonchev–Trinajstić information content (AvgIpc) is 2.19. The number of hydrogen-bond donors (Lipinski definition) is 0. The van der Waals surface area contributed by atoms with Crippen LogP contribution in [0.15, 0.2) is 23.7 Å². The van der Waals surface area contributed by atoms with E-state index in [4.69, 9.17) is 4.74 Å². The van der Waals surface area contributed by atoms with E-state index in [2.05, 4.69) is 4.18 Å². The Morgan fingerprint density at radius 3 is 2.41 bits per heavy atom. The molecule has 0 aliphatic heterocycles. The summed E-state index contributed by atoms with van der Waals surface area (Å²) < 4.78 is 66.2. The van der Waals surface area contributed by atoms with Crippen molar-refractivity contribution in [1.82, 2.24) is 0 Å². The van der Waals surface area contributed by atoms with Crippen LogP contribution in [0.5, 0.6) is 0 Å². The van der Waals surface area contributed by atoms with E-state index in [9.17, 15) is 21.6 Å². The van der Waals surface area contributed by atoms with Crippen LogP contribution in [0, 0.1) is 0 Å². The number of hydrogen-bond acceptors (Lipinski definition) is 4. The van der Waals surface area contributed by atoms with Gasteiger partial charge in [0.2, 0.25) is 0 Å². The Morgan fingerprint density at radius 2 is 2.00 bits per heavy atom. The lowest BCUT2D eigenvalue weighted by Crippen LogP contribution is -2.25. The van der Waals surface area contributed by atoms with Crippen molar-refractivity contribution >= 4 is 10.1 Å². The molecule has 0 radical (unpaired) electrons. The zero-order valence-corrected chi connectivity index (χ0v) is 9.77. The van der Waals surface area contributed by atoms with Crippen LogP contribution >= 0.6 is 0 Å². The number of alkyl halides is 3. The van der Waals surface area contributed by atoms with Crippen LogP contribution < -0.4 is 0 Å². The summed E-state index contributed by atoms with van der Waals surface area (Å²) in [5, 5.41) is 0. The fourth-order valence-corrected chi connectivity index (χ4v) is 1.80. The van der Waals surface area contributed by atoms with Gasteiger partial charge in [-0.05, 0) is 24.5 Å². The molecule has 0 spiro atoms. The molecule has 0 saturated carbocycles. The van der Waals surface area contributed by atoms with E-state index in [1.807, 2.05) is 0 Å². The Balaban J connectivity index is 2.71. The van der Waals surface area contributed by atoms with Crippen LogP contribution in [-0.2, 0) is 19.0 Å². The summed E-state index contributed by atoms with van der Waals surface area (Å²) in [5.74, 6) is -0.185. The van der Waals surface area contributed by atoms with Gasteiger partial charge in [0.15, 0.2) is 0 Å². The standard InChI is InChI=1S/C9H11F3O4S/c1-15-6-7-2-4-8(5-3-7)16-17(13,14)9(10,11)12/h4,6H,2-3,5H2,1H3/b7-6-. The second-order valence-corrected chi connectivity index (χ2v) is 4.91. The van der Waals surface area contributed by atoms with Crippen LogP contribution in [0.25, 0.3) is 0 Å². The third-order valence-electron chi connectivity index (χ3n) is 2.07. The average molecular weight is 272 g/mol. The lowest BCUT2D eigenvalue weighted by Gasteiger charge is -2.16. The normalized spacial score (nSPS) is 20.0. The predicted octanol–water partition coefficient (Wildman–Crippen LogP) is 2.45. The molecule has 0 aromatic carbocycles. The minimum absolute atomic E-state index is 0.102. The Morgan fingerprint density at radius 1 is 1.35 bits per heavy atom. The van der Waals surface area contributed by atoms with Gasteiger partial charge in [0.1, 0.15) is 5.76 Å². The summed E-state index contributed by atoms with van der Waals surface area (Å²) in [6, 6.07) is 0. The Kier molecular flexibility index (Phi) is 4.07. The minimum atomic E-state index is -5.55. The molecular weight excluding hydrogens is 261 g/mol. The monoisotopic (exact) mass is 272 g/mol. The molecule has 1 rings (SSSR count). The van der Waals surface area contributed by atoms with Crippen LogP contribution in [-0.4, -0.2) is 21.0 Å². The molecule has 0 aromatic rings. The second kappa shape index (κ2) is 4.99. The molecule has 0 amide bonds. The molecule has 0 saturated heterocycles. The van der Waals surface area contributed by atoms with E-state index in [1.165, 1.54) is 19.4 Å². The number of rotatable bonds is 3. The lowest BCUT2D eigenvalue weighted by atomic mass is 10.0. The van der Waals surface area contributed by atoms with Gasteiger partial charge in [0, 0.05) is 6.42 Å². The van der Waals surface area contributed by atoms with E-state index >= 15 is 0 Å². The van der Waals surface area contributed by atoms with Gasteiger partial charge in [-0.2, -0.15) is 21.6 Å².